The Morgan fingerprint density at radius 2 is 1.91 bits per heavy atom. The zero-order valence-electron chi connectivity index (χ0n) is 12.4. The largest absolute Gasteiger partial charge is 0.454 e. The molecule has 1 heterocycles. The summed E-state index contributed by atoms with van der Waals surface area (Å²) in [5.74, 6) is 1.19. The van der Waals surface area contributed by atoms with Gasteiger partial charge in [0.15, 0.2) is 11.5 Å². The number of rotatable bonds is 5. The number of nitrogens with zero attached hydrogens (tertiary/aromatic N) is 1. The Labute approximate surface area is 129 Å². The summed E-state index contributed by atoms with van der Waals surface area (Å²) >= 11 is 0. The lowest BCUT2D eigenvalue weighted by Crippen LogP contribution is -2.32. The molecule has 0 saturated carbocycles. The van der Waals surface area contributed by atoms with E-state index < -0.39 is 0 Å². The third kappa shape index (κ3) is 3.14. The minimum Gasteiger partial charge on any atom is -0.454 e. The Bertz CT molecular complexity index is 658. The fourth-order valence-electron chi connectivity index (χ4n) is 2.29. The second kappa shape index (κ2) is 6.39. The molecule has 0 atom stereocenters. The van der Waals surface area contributed by atoms with Gasteiger partial charge in [-0.15, -0.1) is 0 Å². The van der Waals surface area contributed by atoms with Crippen molar-refractivity contribution in [2.75, 3.05) is 31.8 Å². The number of carbonyl (C=O) groups excluding carboxylic acids is 1. The first kappa shape index (κ1) is 14.3. The third-order valence-corrected chi connectivity index (χ3v) is 3.56. The van der Waals surface area contributed by atoms with E-state index in [1.165, 1.54) is 0 Å². The number of amides is 1. The molecule has 1 amide bonds. The number of fused-ring (bicyclic) bond motifs is 1. The van der Waals surface area contributed by atoms with Crippen molar-refractivity contribution in [1.82, 2.24) is 5.32 Å². The third-order valence-electron chi connectivity index (χ3n) is 3.56. The van der Waals surface area contributed by atoms with E-state index in [0.717, 1.165) is 12.2 Å². The van der Waals surface area contributed by atoms with Crippen LogP contribution < -0.4 is 19.7 Å². The highest BCUT2D eigenvalue weighted by Crippen LogP contribution is 2.32. The van der Waals surface area contributed by atoms with Crippen molar-refractivity contribution >= 4 is 11.6 Å². The van der Waals surface area contributed by atoms with Crippen molar-refractivity contribution < 1.29 is 14.3 Å². The van der Waals surface area contributed by atoms with Gasteiger partial charge in [-0.3, -0.25) is 4.79 Å². The molecule has 0 saturated heterocycles. The van der Waals surface area contributed by atoms with Gasteiger partial charge in [0.2, 0.25) is 6.79 Å². The summed E-state index contributed by atoms with van der Waals surface area (Å²) in [6.45, 7) is 1.52. The standard InChI is InChI=1S/C17H18N2O3/c1-19(14-5-3-2-4-6-14)10-9-18-17(20)13-7-8-15-16(11-13)22-12-21-15/h2-8,11H,9-10,12H2,1H3,(H,18,20). The maximum absolute atomic E-state index is 12.1. The monoisotopic (exact) mass is 298 g/mol. The molecule has 0 bridgehead atoms. The molecule has 2 aromatic rings. The van der Waals surface area contributed by atoms with Gasteiger partial charge in [-0.2, -0.15) is 0 Å². The predicted molar refractivity (Wildman–Crippen MR) is 84.6 cm³/mol. The Morgan fingerprint density at radius 1 is 1.14 bits per heavy atom. The van der Waals surface area contributed by atoms with E-state index in [2.05, 4.69) is 10.2 Å². The van der Waals surface area contributed by atoms with Crippen molar-refractivity contribution in [3.63, 3.8) is 0 Å². The number of hydrogen-bond donors (Lipinski definition) is 1. The lowest BCUT2D eigenvalue weighted by atomic mass is 10.2. The summed E-state index contributed by atoms with van der Waals surface area (Å²) < 4.78 is 10.5. The topological polar surface area (TPSA) is 50.8 Å². The molecule has 1 aliphatic heterocycles. The number of ether oxygens (including phenoxy) is 2. The van der Waals surface area contributed by atoms with E-state index in [1.807, 2.05) is 37.4 Å². The summed E-state index contributed by atoms with van der Waals surface area (Å²) in [4.78, 5) is 14.2. The van der Waals surface area contributed by atoms with Crippen LogP contribution in [0.3, 0.4) is 0 Å². The van der Waals surface area contributed by atoms with Gasteiger partial charge in [-0.1, -0.05) is 18.2 Å². The molecule has 2 aromatic carbocycles. The van der Waals surface area contributed by atoms with Crippen LogP contribution in [-0.2, 0) is 0 Å². The molecule has 0 unspecified atom stereocenters. The van der Waals surface area contributed by atoms with Crippen LogP contribution in [-0.4, -0.2) is 32.8 Å². The minimum atomic E-state index is -0.111. The van der Waals surface area contributed by atoms with Gasteiger partial charge in [-0.05, 0) is 30.3 Å². The molecule has 0 fully saturated rings. The average molecular weight is 298 g/mol. The molecule has 114 valence electrons. The molecule has 1 aliphatic rings. The number of benzene rings is 2. The smallest absolute Gasteiger partial charge is 0.251 e. The maximum atomic E-state index is 12.1. The van der Waals surface area contributed by atoms with Crippen LogP contribution in [0.5, 0.6) is 11.5 Å². The van der Waals surface area contributed by atoms with E-state index in [1.54, 1.807) is 18.2 Å². The summed E-state index contributed by atoms with van der Waals surface area (Å²) in [5.41, 5.74) is 1.70. The Balaban J connectivity index is 1.52. The van der Waals surface area contributed by atoms with E-state index in [9.17, 15) is 4.79 Å². The van der Waals surface area contributed by atoms with Crippen LogP contribution in [0.2, 0.25) is 0 Å². The second-order valence-electron chi connectivity index (χ2n) is 5.08. The van der Waals surface area contributed by atoms with Gasteiger partial charge in [-0.25, -0.2) is 0 Å². The van der Waals surface area contributed by atoms with Crippen molar-refractivity contribution in [2.24, 2.45) is 0 Å². The van der Waals surface area contributed by atoms with Crippen LogP contribution in [0, 0.1) is 0 Å². The van der Waals surface area contributed by atoms with Crippen molar-refractivity contribution in [3.8, 4) is 11.5 Å². The van der Waals surface area contributed by atoms with Gasteiger partial charge >= 0.3 is 0 Å². The van der Waals surface area contributed by atoms with E-state index in [-0.39, 0.29) is 12.7 Å². The normalized spacial score (nSPS) is 12.0. The predicted octanol–water partition coefficient (Wildman–Crippen LogP) is 2.28. The van der Waals surface area contributed by atoms with Crippen LogP contribution in [0.25, 0.3) is 0 Å². The molecule has 0 aliphatic carbocycles. The van der Waals surface area contributed by atoms with Gasteiger partial charge in [0.25, 0.3) is 5.91 Å². The molecular formula is C17H18N2O3. The van der Waals surface area contributed by atoms with Crippen molar-refractivity contribution in [2.45, 2.75) is 0 Å². The quantitative estimate of drug-likeness (QED) is 0.920. The van der Waals surface area contributed by atoms with Gasteiger partial charge in [0.05, 0.1) is 0 Å². The van der Waals surface area contributed by atoms with E-state index in [0.29, 0.717) is 23.6 Å². The first-order valence-corrected chi connectivity index (χ1v) is 7.18. The van der Waals surface area contributed by atoms with Crippen molar-refractivity contribution in [3.05, 3.63) is 54.1 Å². The number of hydrogen-bond acceptors (Lipinski definition) is 4. The number of para-hydroxylation sites is 1. The summed E-state index contributed by atoms with van der Waals surface area (Å²) in [5, 5.41) is 2.91. The summed E-state index contributed by atoms with van der Waals surface area (Å²) in [6.07, 6.45) is 0. The lowest BCUT2D eigenvalue weighted by Gasteiger charge is -2.19. The van der Waals surface area contributed by atoms with Gasteiger partial charge in [0, 0.05) is 31.4 Å². The van der Waals surface area contributed by atoms with E-state index >= 15 is 0 Å². The molecule has 0 aromatic heterocycles. The van der Waals surface area contributed by atoms with Crippen molar-refractivity contribution in [1.29, 1.82) is 0 Å². The second-order valence-corrected chi connectivity index (χ2v) is 5.08. The number of carbonyl (C=O) groups is 1. The van der Waals surface area contributed by atoms with Crippen LogP contribution in [0.4, 0.5) is 5.69 Å². The highest BCUT2D eigenvalue weighted by atomic mass is 16.7. The molecule has 3 rings (SSSR count). The highest BCUT2D eigenvalue weighted by molar-refractivity contribution is 5.94. The minimum absolute atomic E-state index is 0.111. The number of likely N-dealkylation sites (N-methyl/N-ethyl adjacent to an activating group) is 1. The molecule has 0 radical (unpaired) electrons. The zero-order valence-corrected chi connectivity index (χ0v) is 12.4. The highest BCUT2D eigenvalue weighted by Gasteiger charge is 2.16. The van der Waals surface area contributed by atoms with Crippen LogP contribution in [0.15, 0.2) is 48.5 Å². The number of nitrogens with one attached hydrogen (secondary N) is 1. The molecule has 5 nitrogen and oxygen atoms in total. The molecule has 0 spiro atoms. The molecule has 22 heavy (non-hydrogen) atoms. The summed E-state index contributed by atoms with van der Waals surface area (Å²) in [6, 6.07) is 15.3. The first-order valence-electron chi connectivity index (χ1n) is 7.18. The lowest BCUT2D eigenvalue weighted by molar-refractivity contribution is 0.0954. The van der Waals surface area contributed by atoms with E-state index in [4.69, 9.17) is 9.47 Å². The molecule has 5 heteroatoms. The summed E-state index contributed by atoms with van der Waals surface area (Å²) in [7, 11) is 2.00. The molecule has 1 N–H and O–H groups in total. The van der Waals surface area contributed by atoms with Crippen LogP contribution in [0.1, 0.15) is 10.4 Å². The molecular weight excluding hydrogens is 280 g/mol. The van der Waals surface area contributed by atoms with Gasteiger partial charge < -0.3 is 19.7 Å². The Kier molecular flexibility index (Phi) is 4.14. The Hall–Kier alpha value is -2.69. The first-order chi connectivity index (χ1) is 10.7. The Morgan fingerprint density at radius 3 is 2.73 bits per heavy atom. The number of anilines is 1. The van der Waals surface area contributed by atoms with Crippen LogP contribution >= 0.6 is 0 Å². The average Bonchev–Trinajstić information content (AvgIpc) is 3.03. The SMILES string of the molecule is CN(CCNC(=O)c1ccc2c(c1)OCO2)c1ccccc1. The van der Waals surface area contributed by atoms with Gasteiger partial charge in [0.1, 0.15) is 0 Å². The maximum Gasteiger partial charge on any atom is 0.251 e. The zero-order chi connectivity index (χ0) is 15.4. The fourth-order valence-corrected chi connectivity index (χ4v) is 2.29. The fraction of sp³-hybridized carbons (Fsp3) is 0.235.